The molecule has 0 unspecified atom stereocenters. The van der Waals surface area contributed by atoms with Gasteiger partial charge in [0.05, 0.1) is 21.5 Å². The van der Waals surface area contributed by atoms with Crippen LogP contribution in [-0.4, -0.2) is 69.2 Å². The zero-order valence-corrected chi connectivity index (χ0v) is 20.0. The van der Waals surface area contributed by atoms with Crippen LogP contribution >= 0.6 is 22.9 Å². The number of alkyl halides is 2. The monoisotopic (exact) mass is 548 g/mol. The summed E-state index contributed by atoms with van der Waals surface area (Å²) in [6.07, 6.45) is -4.25. The topological polar surface area (TPSA) is 126 Å². The Hall–Kier alpha value is -3.36. The summed E-state index contributed by atoms with van der Waals surface area (Å²) < 4.78 is 49.0. The first-order chi connectivity index (χ1) is 17.1. The van der Waals surface area contributed by atoms with Crippen molar-refractivity contribution in [3.63, 3.8) is 0 Å². The number of alkyl carbamates (subject to hydrolysis) is 1. The number of thiophene rings is 1. The molecule has 3 N–H and O–H groups in total. The van der Waals surface area contributed by atoms with E-state index in [1.165, 1.54) is 29.2 Å². The van der Waals surface area contributed by atoms with E-state index in [4.69, 9.17) is 16.3 Å². The molecule has 1 saturated heterocycles. The summed E-state index contributed by atoms with van der Waals surface area (Å²) in [6, 6.07) is 5.05. The summed E-state index contributed by atoms with van der Waals surface area (Å²) in [7, 11) is 0. The molecule has 2 aromatic rings. The Balaban J connectivity index is 1.69. The van der Waals surface area contributed by atoms with E-state index < -0.39 is 55.3 Å². The number of ether oxygens (including phenoxy) is 2. The van der Waals surface area contributed by atoms with Crippen molar-refractivity contribution in [3.8, 4) is 0 Å². The molecule has 0 saturated carbocycles. The maximum Gasteiger partial charge on any atom is 0.408 e. The number of carbonyl (C=O) groups excluding carboxylic acids is 4. The highest BCUT2D eigenvalue weighted by atomic mass is 35.5. The zero-order chi connectivity index (χ0) is 26.2. The lowest BCUT2D eigenvalue weighted by molar-refractivity contribution is -0.125. The van der Waals surface area contributed by atoms with Crippen LogP contribution in [0.4, 0.5) is 29.3 Å². The number of nitrogens with zero attached hydrogens (tertiary/aromatic N) is 1. The van der Waals surface area contributed by atoms with Crippen LogP contribution in [0.15, 0.2) is 30.3 Å². The average molecular weight is 549 g/mol. The van der Waals surface area contributed by atoms with Gasteiger partial charge in [0.15, 0.2) is 6.61 Å². The van der Waals surface area contributed by atoms with Gasteiger partial charge < -0.3 is 30.3 Å². The second kappa shape index (κ2) is 12.6. The van der Waals surface area contributed by atoms with E-state index in [1.807, 2.05) is 0 Å². The number of anilines is 2. The smallest absolute Gasteiger partial charge is 0.408 e. The fraction of sp³-hybridized carbons (Fsp3) is 0.333. The standard InChI is InChI=1S/C21H20ClF3N4O6S/c22-16-4-3-15(36-16)20(32)26-8-13(28-21(33)35-9-17(24)25)19(31)27-11-1-2-14(12(23)7-11)29-5-6-34-10-18(29)30/h1-4,7,13,17H,5-6,8-10H2,(H,26,32)(H,27,31)(H,28,33)/t13-/m1/s1. The lowest BCUT2D eigenvalue weighted by Crippen LogP contribution is -2.50. The fourth-order valence-electron chi connectivity index (χ4n) is 3.06. The lowest BCUT2D eigenvalue weighted by Gasteiger charge is -2.27. The molecule has 0 bridgehead atoms. The van der Waals surface area contributed by atoms with Crippen LogP contribution in [0.2, 0.25) is 4.34 Å². The highest BCUT2D eigenvalue weighted by molar-refractivity contribution is 7.18. The number of hydrogen-bond acceptors (Lipinski definition) is 7. The summed E-state index contributed by atoms with van der Waals surface area (Å²) in [5.74, 6) is -2.72. The Kier molecular flexibility index (Phi) is 9.50. The SMILES string of the molecule is O=C(N[C@H](CNC(=O)c1ccc(Cl)s1)C(=O)Nc1ccc(N2CCOCC2=O)c(F)c1)OCC(F)F. The summed E-state index contributed by atoms with van der Waals surface area (Å²) >= 11 is 6.78. The number of hydrogen-bond donors (Lipinski definition) is 3. The minimum Gasteiger partial charge on any atom is -0.443 e. The first-order valence-corrected chi connectivity index (χ1v) is 11.6. The maximum atomic E-state index is 14.7. The van der Waals surface area contributed by atoms with Crippen molar-refractivity contribution in [3.05, 3.63) is 45.4 Å². The van der Waals surface area contributed by atoms with Gasteiger partial charge in [-0.25, -0.2) is 18.0 Å². The number of rotatable bonds is 9. The molecule has 15 heteroatoms. The molecule has 1 aromatic heterocycles. The number of benzene rings is 1. The van der Waals surface area contributed by atoms with Crippen molar-refractivity contribution in [2.75, 3.05) is 43.1 Å². The van der Waals surface area contributed by atoms with Gasteiger partial charge >= 0.3 is 6.09 Å². The van der Waals surface area contributed by atoms with Crippen LogP contribution in [0, 0.1) is 5.82 Å². The van der Waals surface area contributed by atoms with Crippen LogP contribution in [-0.2, 0) is 19.1 Å². The Bertz CT molecular complexity index is 1130. The maximum absolute atomic E-state index is 14.7. The molecule has 1 fully saturated rings. The number of carbonyl (C=O) groups is 4. The van der Waals surface area contributed by atoms with Crippen molar-refractivity contribution in [1.29, 1.82) is 0 Å². The van der Waals surface area contributed by atoms with Gasteiger partial charge in [-0.15, -0.1) is 11.3 Å². The molecule has 1 aliphatic heterocycles. The van der Waals surface area contributed by atoms with Crippen molar-refractivity contribution >= 4 is 58.1 Å². The molecular formula is C21H20ClF3N4O6S. The highest BCUT2D eigenvalue weighted by Crippen LogP contribution is 2.24. The van der Waals surface area contributed by atoms with Crippen molar-refractivity contribution in [1.82, 2.24) is 10.6 Å². The second-order valence-electron chi connectivity index (χ2n) is 7.25. The molecule has 1 aromatic carbocycles. The molecular weight excluding hydrogens is 529 g/mol. The predicted molar refractivity (Wildman–Crippen MR) is 124 cm³/mol. The third kappa shape index (κ3) is 7.57. The van der Waals surface area contributed by atoms with Gasteiger partial charge in [-0.1, -0.05) is 11.6 Å². The number of amides is 4. The highest BCUT2D eigenvalue weighted by Gasteiger charge is 2.26. The number of morpholine rings is 1. The van der Waals surface area contributed by atoms with Gasteiger partial charge in [0.2, 0.25) is 5.91 Å². The molecule has 3 rings (SSSR count). The van der Waals surface area contributed by atoms with Gasteiger partial charge in [-0.3, -0.25) is 14.4 Å². The summed E-state index contributed by atoms with van der Waals surface area (Å²) in [5, 5.41) is 6.87. The van der Waals surface area contributed by atoms with Crippen molar-refractivity contribution in [2.24, 2.45) is 0 Å². The van der Waals surface area contributed by atoms with Gasteiger partial charge in [-0.05, 0) is 30.3 Å². The molecule has 4 amide bonds. The van der Waals surface area contributed by atoms with E-state index in [9.17, 15) is 32.3 Å². The normalized spacial score (nSPS) is 14.4. The Morgan fingerprint density at radius 2 is 2.00 bits per heavy atom. The minimum atomic E-state index is -2.92. The Morgan fingerprint density at radius 3 is 2.64 bits per heavy atom. The Morgan fingerprint density at radius 1 is 1.22 bits per heavy atom. The quantitative estimate of drug-likeness (QED) is 0.442. The molecule has 2 heterocycles. The molecule has 36 heavy (non-hydrogen) atoms. The molecule has 1 aliphatic rings. The van der Waals surface area contributed by atoms with E-state index in [1.54, 1.807) is 0 Å². The Labute approximate surface area is 211 Å². The molecule has 0 aliphatic carbocycles. The van der Waals surface area contributed by atoms with Gasteiger partial charge in [-0.2, -0.15) is 0 Å². The first-order valence-electron chi connectivity index (χ1n) is 10.4. The van der Waals surface area contributed by atoms with Gasteiger partial charge in [0.25, 0.3) is 18.2 Å². The average Bonchev–Trinajstić information content (AvgIpc) is 3.27. The van der Waals surface area contributed by atoms with Crippen LogP contribution in [0.3, 0.4) is 0 Å². The van der Waals surface area contributed by atoms with Crippen molar-refractivity contribution < 1.29 is 41.8 Å². The molecule has 194 valence electrons. The minimum absolute atomic E-state index is 0.00609. The van der Waals surface area contributed by atoms with E-state index in [0.717, 1.165) is 17.4 Å². The van der Waals surface area contributed by atoms with Gasteiger partial charge in [0, 0.05) is 18.8 Å². The van der Waals surface area contributed by atoms with E-state index in [2.05, 4.69) is 20.7 Å². The molecule has 0 radical (unpaired) electrons. The van der Waals surface area contributed by atoms with Crippen LogP contribution < -0.4 is 20.9 Å². The molecule has 0 spiro atoms. The molecule has 10 nitrogen and oxygen atoms in total. The lowest BCUT2D eigenvalue weighted by atomic mass is 10.2. The first kappa shape index (κ1) is 27.2. The van der Waals surface area contributed by atoms with Crippen LogP contribution in [0.5, 0.6) is 0 Å². The second-order valence-corrected chi connectivity index (χ2v) is 8.97. The van der Waals surface area contributed by atoms with E-state index >= 15 is 0 Å². The van der Waals surface area contributed by atoms with Crippen molar-refractivity contribution in [2.45, 2.75) is 12.5 Å². The summed E-state index contributed by atoms with van der Waals surface area (Å²) in [6.45, 7) is -1.44. The van der Waals surface area contributed by atoms with Gasteiger partial charge in [0.1, 0.15) is 18.5 Å². The van der Waals surface area contributed by atoms with E-state index in [0.29, 0.717) is 4.34 Å². The fourth-order valence-corrected chi connectivity index (χ4v) is 4.02. The largest absolute Gasteiger partial charge is 0.443 e. The zero-order valence-electron chi connectivity index (χ0n) is 18.4. The predicted octanol–water partition coefficient (Wildman–Crippen LogP) is 2.63. The van der Waals surface area contributed by atoms with E-state index in [-0.39, 0.29) is 36.0 Å². The number of nitrogens with one attached hydrogen (secondary N) is 3. The number of halogens is 4. The van der Waals surface area contributed by atoms with Crippen LogP contribution in [0.25, 0.3) is 0 Å². The molecule has 1 atom stereocenters. The summed E-state index contributed by atoms with van der Waals surface area (Å²) in [4.78, 5) is 50.3. The van der Waals surface area contributed by atoms with Crippen LogP contribution in [0.1, 0.15) is 9.67 Å². The third-order valence-corrected chi connectivity index (χ3v) is 5.93. The summed E-state index contributed by atoms with van der Waals surface area (Å²) in [5.41, 5.74) is -0.0282. The third-order valence-electron chi connectivity index (χ3n) is 4.70.